The van der Waals surface area contributed by atoms with Gasteiger partial charge in [0.15, 0.2) is 5.88 Å². The molecule has 3 rings (SSSR count). The first-order chi connectivity index (χ1) is 8.25. The molecular weight excluding hydrogens is 212 g/mol. The molecule has 0 aliphatic rings. The monoisotopic (exact) mass is 224 g/mol. The smallest absolute Gasteiger partial charge is 0.197 e. The highest BCUT2D eigenvalue weighted by Crippen LogP contribution is 2.24. The molecule has 0 aliphatic carbocycles. The molecule has 0 unspecified atom stereocenters. The van der Waals surface area contributed by atoms with Crippen LogP contribution in [0.5, 0.6) is 5.88 Å². The van der Waals surface area contributed by atoms with E-state index in [1.807, 2.05) is 37.3 Å². The molecule has 84 valence electrons. The minimum Gasteiger partial charge on any atom is -0.494 e. The van der Waals surface area contributed by atoms with E-state index in [4.69, 9.17) is 0 Å². The van der Waals surface area contributed by atoms with Crippen molar-refractivity contribution < 1.29 is 5.11 Å². The Hall–Kier alpha value is -2.29. The molecule has 0 fully saturated rings. The average molecular weight is 224 g/mol. The third-order valence-electron chi connectivity index (χ3n) is 2.81. The second-order valence-electron chi connectivity index (χ2n) is 4.10. The van der Waals surface area contributed by atoms with Crippen LogP contribution in [0.15, 0.2) is 48.7 Å². The Morgan fingerprint density at radius 3 is 2.76 bits per heavy atom. The highest BCUT2D eigenvalue weighted by Gasteiger charge is 2.08. The predicted octanol–water partition coefficient (Wildman–Crippen LogP) is 3.02. The molecule has 0 amide bonds. The number of aryl methyl sites for hydroxylation is 1. The molecule has 1 aromatic carbocycles. The van der Waals surface area contributed by atoms with E-state index >= 15 is 0 Å². The number of hydrogen-bond acceptors (Lipinski definition) is 2. The lowest BCUT2D eigenvalue weighted by Gasteiger charge is -2.04. The third-order valence-corrected chi connectivity index (χ3v) is 2.81. The second-order valence-corrected chi connectivity index (χ2v) is 4.10. The Bertz CT molecular complexity index is 686. The normalized spacial score (nSPS) is 10.9. The van der Waals surface area contributed by atoms with Crippen molar-refractivity contribution in [2.75, 3.05) is 0 Å². The van der Waals surface area contributed by atoms with Crippen LogP contribution in [0, 0.1) is 6.92 Å². The summed E-state index contributed by atoms with van der Waals surface area (Å²) in [5.74, 6) is 0.971. The molecule has 0 spiro atoms. The maximum absolute atomic E-state index is 9.89. The summed E-state index contributed by atoms with van der Waals surface area (Å²) in [6.45, 7) is 2.04. The molecule has 0 atom stereocenters. The Labute approximate surface area is 99.0 Å². The van der Waals surface area contributed by atoms with Gasteiger partial charge in [-0.25, -0.2) is 4.98 Å². The molecule has 2 aromatic heterocycles. The van der Waals surface area contributed by atoms with Crippen molar-refractivity contribution >= 4 is 5.52 Å². The Kier molecular flexibility index (Phi) is 2.11. The molecule has 0 aliphatic heterocycles. The van der Waals surface area contributed by atoms with Crippen LogP contribution in [0.3, 0.4) is 0 Å². The summed E-state index contributed by atoms with van der Waals surface area (Å²) in [7, 11) is 0. The molecule has 2 heterocycles. The zero-order valence-electron chi connectivity index (χ0n) is 9.46. The molecular formula is C14H12N2O. The van der Waals surface area contributed by atoms with Crippen molar-refractivity contribution in [3.63, 3.8) is 0 Å². The number of imidazole rings is 1. The van der Waals surface area contributed by atoms with Crippen molar-refractivity contribution in [3.8, 4) is 17.3 Å². The van der Waals surface area contributed by atoms with Gasteiger partial charge in [0.2, 0.25) is 0 Å². The van der Waals surface area contributed by atoms with Gasteiger partial charge in [0, 0.05) is 5.56 Å². The van der Waals surface area contributed by atoms with Crippen molar-refractivity contribution in [1.29, 1.82) is 0 Å². The van der Waals surface area contributed by atoms with Crippen LogP contribution in [0.2, 0.25) is 0 Å². The first-order valence-electron chi connectivity index (χ1n) is 5.48. The fraction of sp³-hybridized carbons (Fsp3) is 0.0714. The highest BCUT2D eigenvalue weighted by molar-refractivity contribution is 5.64. The lowest BCUT2D eigenvalue weighted by molar-refractivity contribution is 0.447. The number of fused-ring (bicyclic) bond motifs is 1. The van der Waals surface area contributed by atoms with E-state index in [1.54, 1.807) is 16.7 Å². The summed E-state index contributed by atoms with van der Waals surface area (Å²) >= 11 is 0. The zero-order valence-corrected chi connectivity index (χ0v) is 9.46. The van der Waals surface area contributed by atoms with Crippen molar-refractivity contribution in [2.45, 2.75) is 6.92 Å². The van der Waals surface area contributed by atoms with Crippen LogP contribution in [0.1, 0.15) is 5.56 Å². The summed E-state index contributed by atoms with van der Waals surface area (Å²) in [6, 6.07) is 13.5. The molecule has 3 heteroatoms. The number of benzene rings is 1. The van der Waals surface area contributed by atoms with Crippen molar-refractivity contribution in [2.24, 2.45) is 0 Å². The highest BCUT2D eigenvalue weighted by atomic mass is 16.3. The molecule has 17 heavy (non-hydrogen) atoms. The van der Waals surface area contributed by atoms with Gasteiger partial charge in [0.05, 0.1) is 11.7 Å². The largest absolute Gasteiger partial charge is 0.494 e. The summed E-state index contributed by atoms with van der Waals surface area (Å²) < 4.78 is 1.74. The van der Waals surface area contributed by atoms with Gasteiger partial charge < -0.3 is 5.11 Å². The van der Waals surface area contributed by atoms with Gasteiger partial charge in [0.1, 0.15) is 5.82 Å². The fourth-order valence-corrected chi connectivity index (χ4v) is 2.02. The lowest BCUT2D eigenvalue weighted by Crippen LogP contribution is -1.90. The SMILES string of the molecule is Cc1cccc(-c2ncc3cccc(O)n23)c1. The Balaban J connectivity index is 2.31. The van der Waals surface area contributed by atoms with E-state index in [9.17, 15) is 5.11 Å². The summed E-state index contributed by atoms with van der Waals surface area (Å²) in [5, 5.41) is 9.89. The van der Waals surface area contributed by atoms with Gasteiger partial charge in [-0.05, 0) is 25.1 Å². The molecule has 0 saturated carbocycles. The minimum absolute atomic E-state index is 0.205. The first kappa shape index (κ1) is 9.90. The van der Waals surface area contributed by atoms with Gasteiger partial charge in [-0.15, -0.1) is 0 Å². The maximum Gasteiger partial charge on any atom is 0.197 e. The molecule has 1 N–H and O–H groups in total. The van der Waals surface area contributed by atoms with Crippen LogP contribution in [0.4, 0.5) is 0 Å². The van der Waals surface area contributed by atoms with E-state index in [1.165, 1.54) is 5.56 Å². The van der Waals surface area contributed by atoms with E-state index in [0.717, 1.165) is 16.9 Å². The number of aromatic hydroxyl groups is 1. The van der Waals surface area contributed by atoms with Gasteiger partial charge in [-0.2, -0.15) is 0 Å². The Morgan fingerprint density at radius 2 is 1.94 bits per heavy atom. The second kappa shape index (κ2) is 3.63. The van der Waals surface area contributed by atoms with Gasteiger partial charge in [-0.1, -0.05) is 29.8 Å². The lowest BCUT2D eigenvalue weighted by atomic mass is 10.1. The van der Waals surface area contributed by atoms with Crippen LogP contribution >= 0.6 is 0 Å². The first-order valence-corrected chi connectivity index (χ1v) is 5.48. The summed E-state index contributed by atoms with van der Waals surface area (Å²) in [4.78, 5) is 4.37. The number of nitrogens with zero attached hydrogens (tertiary/aromatic N) is 2. The quantitative estimate of drug-likeness (QED) is 0.690. The topological polar surface area (TPSA) is 37.5 Å². The molecule has 0 radical (unpaired) electrons. The van der Waals surface area contributed by atoms with E-state index in [0.29, 0.717) is 0 Å². The predicted molar refractivity (Wildman–Crippen MR) is 67.0 cm³/mol. The van der Waals surface area contributed by atoms with Gasteiger partial charge in [-0.3, -0.25) is 4.40 Å². The van der Waals surface area contributed by atoms with Crippen molar-refractivity contribution in [1.82, 2.24) is 9.38 Å². The molecule has 0 saturated heterocycles. The standard InChI is InChI=1S/C14H12N2O/c1-10-4-2-5-11(8-10)14-15-9-12-6-3-7-13(17)16(12)14/h2-9,17H,1H3. The number of hydrogen-bond donors (Lipinski definition) is 1. The van der Waals surface area contributed by atoms with Gasteiger partial charge >= 0.3 is 0 Å². The zero-order chi connectivity index (χ0) is 11.8. The maximum atomic E-state index is 9.89. The molecule has 3 nitrogen and oxygen atoms in total. The van der Waals surface area contributed by atoms with Crippen LogP contribution < -0.4 is 0 Å². The summed E-state index contributed by atoms with van der Waals surface area (Å²) in [6.07, 6.45) is 1.76. The summed E-state index contributed by atoms with van der Waals surface area (Å²) in [5.41, 5.74) is 3.07. The van der Waals surface area contributed by atoms with Crippen LogP contribution in [-0.4, -0.2) is 14.5 Å². The van der Waals surface area contributed by atoms with Crippen molar-refractivity contribution in [3.05, 3.63) is 54.2 Å². The fourth-order valence-electron chi connectivity index (χ4n) is 2.02. The molecule has 0 bridgehead atoms. The Morgan fingerprint density at radius 1 is 1.12 bits per heavy atom. The van der Waals surface area contributed by atoms with E-state index < -0.39 is 0 Å². The van der Waals surface area contributed by atoms with Crippen LogP contribution in [0.25, 0.3) is 16.9 Å². The average Bonchev–Trinajstić information content (AvgIpc) is 2.74. The number of rotatable bonds is 1. The van der Waals surface area contributed by atoms with Gasteiger partial charge in [0.25, 0.3) is 0 Å². The minimum atomic E-state index is 0.205. The number of pyridine rings is 1. The van der Waals surface area contributed by atoms with Crippen LogP contribution in [-0.2, 0) is 0 Å². The molecule has 3 aromatic rings. The van der Waals surface area contributed by atoms with E-state index in [2.05, 4.69) is 11.1 Å². The number of aromatic nitrogens is 2. The van der Waals surface area contributed by atoms with E-state index in [-0.39, 0.29) is 5.88 Å². The third kappa shape index (κ3) is 1.56.